The molecule has 0 radical (unpaired) electrons. The molecule has 6 heteroatoms. The van der Waals surface area contributed by atoms with Gasteiger partial charge in [0.2, 0.25) is 5.91 Å². The number of anilines is 1. The third kappa shape index (κ3) is 5.95. The third-order valence-corrected chi connectivity index (χ3v) is 3.90. The molecule has 0 spiro atoms. The van der Waals surface area contributed by atoms with Gasteiger partial charge in [0, 0.05) is 12.2 Å². The zero-order valence-electron chi connectivity index (χ0n) is 13.6. The highest BCUT2D eigenvalue weighted by Crippen LogP contribution is 2.24. The van der Waals surface area contributed by atoms with Crippen molar-refractivity contribution in [2.24, 2.45) is 0 Å². The van der Waals surface area contributed by atoms with Crippen LogP contribution >= 0.6 is 23.2 Å². The van der Waals surface area contributed by atoms with Gasteiger partial charge in [0.25, 0.3) is 0 Å². The first-order valence-corrected chi connectivity index (χ1v) is 8.41. The molecule has 128 valence electrons. The molecule has 0 aliphatic rings. The van der Waals surface area contributed by atoms with Crippen LogP contribution in [0.25, 0.3) is 0 Å². The molecule has 2 N–H and O–H groups in total. The highest BCUT2D eigenvalue weighted by atomic mass is 35.5. The smallest absolute Gasteiger partial charge is 0.239 e. The highest BCUT2D eigenvalue weighted by molar-refractivity contribution is 6.42. The van der Waals surface area contributed by atoms with Gasteiger partial charge in [-0.2, -0.15) is 0 Å². The molecule has 0 saturated heterocycles. The van der Waals surface area contributed by atoms with Crippen molar-refractivity contribution in [3.8, 4) is 5.75 Å². The van der Waals surface area contributed by atoms with Crippen molar-refractivity contribution < 1.29 is 9.53 Å². The lowest BCUT2D eigenvalue weighted by atomic mass is 10.2. The Morgan fingerprint density at radius 1 is 1.08 bits per heavy atom. The second kappa shape index (κ2) is 8.81. The van der Waals surface area contributed by atoms with E-state index in [1.165, 1.54) is 0 Å². The lowest BCUT2D eigenvalue weighted by Crippen LogP contribution is -2.29. The average molecular weight is 367 g/mol. The maximum absolute atomic E-state index is 11.9. The maximum atomic E-state index is 11.9. The summed E-state index contributed by atoms with van der Waals surface area (Å²) in [4.78, 5) is 11.9. The van der Waals surface area contributed by atoms with E-state index in [9.17, 15) is 4.79 Å². The molecule has 1 amide bonds. The molecular weight excluding hydrogens is 347 g/mol. The van der Waals surface area contributed by atoms with Crippen LogP contribution in [0.1, 0.15) is 19.4 Å². The van der Waals surface area contributed by atoms with E-state index in [1.54, 1.807) is 18.2 Å². The van der Waals surface area contributed by atoms with Gasteiger partial charge in [0.05, 0.1) is 22.7 Å². The fourth-order valence-corrected chi connectivity index (χ4v) is 2.31. The van der Waals surface area contributed by atoms with Crippen molar-refractivity contribution in [3.05, 3.63) is 58.1 Å². The number of hydrogen-bond donors (Lipinski definition) is 2. The Morgan fingerprint density at radius 2 is 1.79 bits per heavy atom. The maximum Gasteiger partial charge on any atom is 0.239 e. The van der Waals surface area contributed by atoms with E-state index in [4.69, 9.17) is 27.9 Å². The Bertz CT molecular complexity index is 688. The number of halogens is 2. The summed E-state index contributed by atoms with van der Waals surface area (Å²) in [5.41, 5.74) is 1.75. The molecule has 0 aliphatic carbocycles. The molecule has 0 aromatic heterocycles. The summed E-state index contributed by atoms with van der Waals surface area (Å²) in [5.74, 6) is 0.713. The predicted molar refractivity (Wildman–Crippen MR) is 99.0 cm³/mol. The van der Waals surface area contributed by atoms with Gasteiger partial charge in [-0.15, -0.1) is 0 Å². The zero-order chi connectivity index (χ0) is 17.5. The summed E-state index contributed by atoms with van der Waals surface area (Å²) >= 11 is 11.8. The van der Waals surface area contributed by atoms with Gasteiger partial charge in [-0.25, -0.2) is 0 Å². The minimum Gasteiger partial charge on any atom is -0.491 e. The van der Waals surface area contributed by atoms with Crippen LogP contribution in [-0.4, -0.2) is 18.6 Å². The van der Waals surface area contributed by atoms with Gasteiger partial charge in [-0.3, -0.25) is 4.79 Å². The second-order valence-corrected chi connectivity index (χ2v) is 6.38. The molecule has 0 saturated carbocycles. The number of carbonyl (C=O) groups is 1. The fraction of sp³-hybridized carbons (Fsp3) is 0.278. The van der Waals surface area contributed by atoms with Crippen LogP contribution in [0, 0.1) is 0 Å². The number of amides is 1. The molecule has 0 unspecified atom stereocenters. The Labute approximate surface area is 152 Å². The van der Waals surface area contributed by atoms with E-state index < -0.39 is 0 Å². The topological polar surface area (TPSA) is 50.4 Å². The quantitative estimate of drug-likeness (QED) is 0.757. The Hall–Kier alpha value is -1.91. The van der Waals surface area contributed by atoms with Gasteiger partial charge >= 0.3 is 0 Å². The van der Waals surface area contributed by atoms with Crippen molar-refractivity contribution in [3.63, 3.8) is 0 Å². The third-order valence-electron chi connectivity index (χ3n) is 3.16. The number of hydrogen-bond acceptors (Lipinski definition) is 3. The van der Waals surface area contributed by atoms with Gasteiger partial charge in [0.1, 0.15) is 5.75 Å². The number of carbonyl (C=O) groups excluding carboxylic acids is 1. The molecule has 0 aliphatic heterocycles. The van der Waals surface area contributed by atoms with Crippen molar-refractivity contribution in [2.45, 2.75) is 26.5 Å². The summed E-state index contributed by atoms with van der Waals surface area (Å²) in [6.07, 6.45) is 0.142. The van der Waals surface area contributed by atoms with Crippen LogP contribution < -0.4 is 15.4 Å². The van der Waals surface area contributed by atoms with Gasteiger partial charge in [0.15, 0.2) is 0 Å². The van der Waals surface area contributed by atoms with E-state index in [0.717, 1.165) is 17.0 Å². The minimum atomic E-state index is -0.108. The van der Waals surface area contributed by atoms with E-state index in [2.05, 4.69) is 10.6 Å². The number of rotatable bonds is 7. The summed E-state index contributed by atoms with van der Waals surface area (Å²) in [7, 11) is 0. The van der Waals surface area contributed by atoms with E-state index in [0.29, 0.717) is 16.6 Å². The summed E-state index contributed by atoms with van der Waals surface area (Å²) in [5, 5.41) is 6.79. The summed E-state index contributed by atoms with van der Waals surface area (Å²) < 4.78 is 5.58. The highest BCUT2D eigenvalue weighted by Gasteiger charge is 2.04. The van der Waals surface area contributed by atoms with Crippen molar-refractivity contribution in [1.82, 2.24) is 5.32 Å². The summed E-state index contributed by atoms with van der Waals surface area (Å²) in [6, 6.07) is 12.8. The number of ether oxygens (including phenoxy) is 1. The molecule has 4 nitrogen and oxygen atoms in total. The van der Waals surface area contributed by atoms with Crippen LogP contribution in [0.4, 0.5) is 5.69 Å². The lowest BCUT2D eigenvalue weighted by molar-refractivity contribution is -0.119. The fourth-order valence-electron chi connectivity index (χ4n) is 2.01. The number of benzene rings is 2. The molecule has 2 aromatic rings. The van der Waals surface area contributed by atoms with Crippen LogP contribution in [0.5, 0.6) is 5.75 Å². The second-order valence-electron chi connectivity index (χ2n) is 5.57. The SMILES string of the molecule is CC(C)Oc1ccc(CNC(=O)CNc2ccc(Cl)c(Cl)c2)cc1. The van der Waals surface area contributed by atoms with Gasteiger partial charge in [-0.1, -0.05) is 35.3 Å². The van der Waals surface area contributed by atoms with Crippen LogP contribution in [0.2, 0.25) is 10.0 Å². The lowest BCUT2D eigenvalue weighted by Gasteiger charge is -2.11. The monoisotopic (exact) mass is 366 g/mol. The molecule has 2 aromatic carbocycles. The average Bonchev–Trinajstić information content (AvgIpc) is 2.55. The van der Waals surface area contributed by atoms with E-state index in [1.807, 2.05) is 38.1 Å². The molecule has 0 atom stereocenters. The Kier molecular flexibility index (Phi) is 6.76. The van der Waals surface area contributed by atoms with E-state index in [-0.39, 0.29) is 18.6 Å². The number of nitrogens with one attached hydrogen (secondary N) is 2. The zero-order valence-corrected chi connectivity index (χ0v) is 15.1. The molecule has 0 bridgehead atoms. The molecule has 0 heterocycles. The summed E-state index contributed by atoms with van der Waals surface area (Å²) in [6.45, 7) is 4.58. The first-order chi connectivity index (χ1) is 11.4. The van der Waals surface area contributed by atoms with Crippen molar-refractivity contribution in [1.29, 1.82) is 0 Å². The van der Waals surface area contributed by atoms with Crippen LogP contribution in [-0.2, 0) is 11.3 Å². The minimum absolute atomic E-state index is 0.108. The first-order valence-electron chi connectivity index (χ1n) is 7.65. The molecule has 0 fully saturated rings. The molecular formula is C18H20Cl2N2O2. The molecule has 2 rings (SSSR count). The largest absolute Gasteiger partial charge is 0.491 e. The van der Waals surface area contributed by atoms with Crippen molar-refractivity contribution in [2.75, 3.05) is 11.9 Å². The van der Waals surface area contributed by atoms with Gasteiger partial charge in [-0.05, 0) is 49.7 Å². The van der Waals surface area contributed by atoms with Crippen LogP contribution in [0.15, 0.2) is 42.5 Å². The first kappa shape index (κ1) is 18.4. The molecule has 24 heavy (non-hydrogen) atoms. The van der Waals surface area contributed by atoms with Crippen LogP contribution in [0.3, 0.4) is 0 Å². The Balaban J connectivity index is 1.77. The normalized spacial score (nSPS) is 10.5. The van der Waals surface area contributed by atoms with Gasteiger partial charge < -0.3 is 15.4 Å². The van der Waals surface area contributed by atoms with E-state index >= 15 is 0 Å². The standard InChI is InChI=1S/C18H20Cl2N2O2/c1-12(2)24-15-6-3-13(4-7-15)10-22-18(23)11-21-14-5-8-16(19)17(20)9-14/h3-9,12,21H,10-11H2,1-2H3,(H,22,23). The Morgan fingerprint density at radius 3 is 2.42 bits per heavy atom. The van der Waals surface area contributed by atoms with Crippen molar-refractivity contribution >= 4 is 34.8 Å². The predicted octanol–water partition coefficient (Wildman–Crippen LogP) is 4.51.